The number of carbonyl (C=O) groups excluding carboxylic acids is 2. The van der Waals surface area contributed by atoms with Crippen molar-refractivity contribution >= 4 is 11.9 Å². The molecule has 1 rings (SSSR count). The van der Waals surface area contributed by atoms with Gasteiger partial charge in [-0.1, -0.05) is 27.7 Å². The van der Waals surface area contributed by atoms with Crippen LogP contribution in [0.15, 0.2) is 0 Å². The van der Waals surface area contributed by atoms with E-state index in [0.29, 0.717) is 12.3 Å². The molecule has 0 heterocycles. The van der Waals surface area contributed by atoms with E-state index in [9.17, 15) is 31.5 Å². The minimum absolute atomic E-state index is 0.0820. The quantitative estimate of drug-likeness (QED) is 0.237. The number of hydrogen-bond donors (Lipinski definition) is 1. The van der Waals surface area contributed by atoms with Crippen LogP contribution >= 0.6 is 0 Å². The van der Waals surface area contributed by atoms with E-state index < -0.39 is 58.5 Å². The molecule has 9 heteroatoms. The minimum Gasteiger partial charge on any atom is -0.464 e. The standard InChI is InChI=1S/C18H22F5NO3/c1-8(2)6-5-7-27-18(26)16(9(3)4)24-17(25)10-11(19)13(21)15(23)14(22)12(10)20/h8-9,16H,5-7H2,1-4H3,(H,24,25). The highest BCUT2D eigenvalue weighted by atomic mass is 19.2. The highest BCUT2D eigenvalue weighted by molar-refractivity contribution is 5.97. The fourth-order valence-corrected chi connectivity index (χ4v) is 2.27. The number of hydrogen-bond acceptors (Lipinski definition) is 3. The van der Waals surface area contributed by atoms with Crippen molar-refractivity contribution in [1.82, 2.24) is 5.32 Å². The summed E-state index contributed by atoms with van der Waals surface area (Å²) in [5.74, 6) is -14.0. The lowest BCUT2D eigenvalue weighted by atomic mass is 10.0. The first-order chi connectivity index (χ1) is 12.5. The fourth-order valence-electron chi connectivity index (χ4n) is 2.27. The second-order valence-electron chi connectivity index (χ2n) is 6.84. The zero-order chi connectivity index (χ0) is 20.9. The van der Waals surface area contributed by atoms with Crippen molar-refractivity contribution in [1.29, 1.82) is 0 Å². The average Bonchev–Trinajstić information content (AvgIpc) is 2.59. The number of esters is 1. The van der Waals surface area contributed by atoms with Crippen LogP contribution in [0, 0.1) is 40.9 Å². The lowest BCUT2D eigenvalue weighted by Crippen LogP contribution is -2.46. The first-order valence-electron chi connectivity index (χ1n) is 8.47. The normalized spacial score (nSPS) is 12.4. The number of ether oxygens (including phenoxy) is 1. The Morgan fingerprint density at radius 2 is 1.37 bits per heavy atom. The van der Waals surface area contributed by atoms with E-state index in [4.69, 9.17) is 4.74 Å². The lowest BCUT2D eigenvalue weighted by molar-refractivity contribution is -0.147. The molecular formula is C18H22F5NO3. The smallest absolute Gasteiger partial charge is 0.328 e. The molecule has 1 aromatic carbocycles. The largest absolute Gasteiger partial charge is 0.464 e. The molecule has 152 valence electrons. The van der Waals surface area contributed by atoms with E-state index in [2.05, 4.69) is 0 Å². The van der Waals surface area contributed by atoms with Gasteiger partial charge < -0.3 is 10.1 Å². The molecule has 0 aliphatic rings. The summed E-state index contributed by atoms with van der Waals surface area (Å²) < 4.78 is 72.1. The van der Waals surface area contributed by atoms with Crippen LogP contribution in [-0.4, -0.2) is 24.5 Å². The van der Waals surface area contributed by atoms with Crippen LogP contribution < -0.4 is 5.32 Å². The molecule has 1 unspecified atom stereocenters. The average molecular weight is 395 g/mol. The predicted molar refractivity (Wildman–Crippen MR) is 87.4 cm³/mol. The molecule has 0 spiro atoms. The highest BCUT2D eigenvalue weighted by Crippen LogP contribution is 2.23. The molecule has 0 saturated heterocycles. The summed E-state index contributed by atoms with van der Waals surface area (Å²) in [7, 11) is 0. The number of carbonyl (C=O) groups is 2. The van der Waals surface area contributed by atoms with Crippen molar-refractivity contribution in [3.8, 4) is 0 Å². The molecule has 1 amide bonds. The van der Waals surface area contributed by atoms with Gasteiger partial charge in [-0.2, -0.15) is 0 Å². The maximum absolute atomic E-state index is 13.7. The van der Waals surface area contributed by atoms with Gasteiger partial charge in [0.15, 0.2) is 23.3 Å². The zero-order valence-corrected chi connectivity index (χ0v) is 15.5. The summed E-state index contributed by atoms with van der Waals surface area (Å²) >= 11 is 0. The summed E-state index contributed by atoms with van der Waals surface area (Å²) in [5, 5.41) is 1.99. The zero-order valence-electron chi connectivity index (χ0n) is 15.5. The number of benzene rings is 1. The third kappa shape index (κ3) is 5.64. The number of nitrogens with one attached hydrogen (secondary N) is 1. The predicted octanol–water partition coefficient (Wildman–Crippen LogP) is 4.12. The van der Waals surface area contributed by atoms with Crippen molar-refractivity contribution in [2.45, 2.75) is 46.6 Å². The van der Waals surface area contributed by atoms with E-state index in [1.807, 2.05) is 19.2 Å². The van der Waals surface area contributed by atoms with E-state index in [1.165, 1.54) is 13.8 Å². The molecule has 4 nitrogen and oxygen atoms in total. The van der Waals surface area contributed by atoms with Gasteiger partial charge in [-0.25, -0.2) is 26.7 Å². The van der Waals surface area contributed by atoms with E-state index >= 15 is 0 Å². The summed E-state index contributed by atoms with van der Waals surface area (Å²) in [6.45, 7) is 7.11. The molecule has 0 fully saturated rings. The molecule has 27 heavy (non-hydrogen) atoms. The second-order valence-corrected chi connectivity index (χ2v) is 6.84. The van der Waals surface area contributed by atoms with Crippen LogP contribution in [0.2, 0.25) is 0 Å². The third-order valence-electron chi connectivity index (χ3n) is 3.81. The Hall–Kier alpha value is -2.19. The van der Waals surface area contributed by atoms with Gasteiger partial charge in [0.25, 0.3) is 5.91 Å². The Balaban J connectivity index is 2.96. The van der Waals surface area contributed by atoms with E-state index in [1.54, 1.807) is 0 Å². The molecule has 0 radical (unpaired) electrons. The first-order valence-corrected chi connectivity index (χ1v) is 8.47. The van der Waals surface area contributed by atoms with Crippen molar-refractivity contribution < 1.29 is 36.3 Å². The van der Waals surface area contributed by atoms with Gasteiger partial charge >= 0.3 is 5.97 Å². The fraction of sp³-hybridized carbons (Fsp3) is 0.556. The first kappa shape index (κ1) is 22.9. The maximum atomic E-state index is 13.7. The summed E-state index contributed by atoms with van der Waals surface area (Å²) in [4.78, 5) is 24.2. The molecule has 0 bridgehead atoms. The summed E-state index contributed by atoms with van der Waals surface area (Å²) in [5.41, 5.74) is -1.65. The Morgan fingerprint density at radius 1 is 0.889 bits per heavy atom. The summed E-state index contributed by atoms with van der Waals surface area (Å²) in [6, 6.07) is -1.31. The van der Waals surface area contributed by atoms with Gasteiger partial charge in [-0.15, -0.1) is 0 Å². The molecule has 0 aromatic heterocycles. The molecule has 1 atom stereocenters. The number of rotatable bonds is 8. The topological polar surface area (TPSA) is 55.4 Å². The molecule has 1 N–H and O–H groups in total. The number of amides is 1. The SMILES string of the molecule is CC(C)CCCOC(=O)C(NC(=O)c1c(F)c(F)c(F)c(F)c1F)C(C)C. The van der Waals surface area contributed by atoms with Gasteiger partial charge in [-0.05, 0) is 24.7 Å². The van der Waals surface area contributed by atoms with E-state index in [0.717, 1.165) is 6.42 Å². The van der Waals surface area contributed by atoms with Crippen molar-refractivity contribution in [2.75, 3.05) is 6.61 Å². The van der Waals surface area contributed by atoms with Crippen LogP contribution in [0.4, 0.5) is 22.0 Å². The van der Waals surface area contributed by atoms with Gasteiger partial charge in [0.05, 0.1) is 6.61 Å². The Labute approximate surface area is 154 Å². The summed E-state index contributed by atoms with van der Waals surface area (Å²) in [6.07, 6.45) is 1.39. The maximum Gasteiger partial charge on any atom is 0.328 e. The third-order valence-corrected chi connectivity index (χ3v) is 3.81. The van der Waals surface area contributed by atoms with Crippen LogP contribution in [0.3, 0.4) is 0 Å². The van der Waals surface area contributed by atoms with Crippen molar-refractivity contribution in [2.24, 2.45) is 11.8 Å². The van der Waals surface area contributed by atoms with Crippen molar-refractivity contribution in [3.63, 3.8) is 0 Å². The Morgan fingerprint density at radius 3 is 1.81 bits per heavy atom. The molecule has 0 aliphatic carbocycles. The van der Waals surface area contributed by atoms with Crippen LogP contribution in [0.1, 0.15) is 50.9 Å². The molecule has 1 aromatic rings. The Bertz CT molecular complexity index is 678. The lowest BCUT2D eigenvalue weighted by Gasteiger charge is -2.21. The minimum atomic E-state index is -2.37. The number of halogens is 5. The molecular weight excluding hydrogens is 373 g/mol. The van der Waals surface area contributed by atoms with Gasteiger partial charge in [0.1, 0.15) is 11.6 Å². The van der Waals surface area contributed by atoms with Crippen molar-refractivity contribution in [3.05, 3.63) is 34.6 Å². The van der Waals surface area contributed by atoms with Gasteiger partial charge in [-0.3, -0.25) is 4.79 Å². The van der Waals surface area contributed by atoms with E-state index in [-0.39, 0.29) is 6.61 Å². The molecule has 0 aliphatic heterocycles. The van der Waals surface area contributed by atoms with Gasteiger partial charge in [0.2, 0.25) is 5.82 Å². The molecule has 0 saturated carbocycles. The highest BCUT2D eigenvalue weighted by Gasteiger charge is 2.33. The van der Waals surface area contributed by atoms with Crippen LogP contribution in [0.25, 0.3) is 0 Å². The van der Waals surface area contributed by atoms with Gasteiger partial charge in [0, 0.05) is 0 Å². The second kappa shape index (κ2) is 9.66. The Kier molecular flexibility index (Phi) is 8.18. The van der Waals surface area contributed by atoms with Crippen LogP contribution in [-0.2, 0) is 9.53 Å². The monoisotopic (exact) mass is 395 g/mol. The van der Waals surface area contributed by atoms with Crippen LogP contribution in [0.5, 0.6) is 0 Å².